The number of rotatable bonds is 9. The fourth-order valence-corrected chi connectivity index (χ4v) is 5.02. The molecule has 1 aromatic carbocycles. The van der Waals surface area contributed by atoms with Crippen LogP contribution in [0.5, 0.6) is 5.75 Å². The summed E-state index contributed by atoms with van der Waals surface area (Å²) in [5, 5.41) is 9.61. The lowest BCUT2D eigenvalue weighted by Crippen LogP contribution is -2.22. The molecule has 1 atom stereocenters. The molecular formula is C22H31N3O3S. The van der Waals surface area contributed by atoms with Crippen LogP contribution in [0.3, 0.4) is 0 Å². The molecule has 0 radical (unpaired) electrons. The maximum absolute atomic E-state index is 12.5. The van der Waals surface area contributed by atoms with Crippen LogP contribution in [0.2, 0.25) is 0 Å². The molecule has 0 saturated heterocycles. The van der Waals surface area contributed by atoms with Crippen molar-refractivity contribution < 1.29 is 14.3 Å². The van der Waals surface area contributed by atoms with Gasteiger partial charge in [0.1, 0.15) is 11.0 Å². The first-order valence-electron chi connectivity index (χ1n) is 10.6. The van der Waals surface area contributed by atoms with E-state index in [0.29, 0.717) is 12.6 Å². The minimum Gasteiger partial charge on any atom is -0.497 e. The van der Waals surface area contributed by atoms with Crippen molar-refractivity contribution in [3.8, 4) is 17.1 Å². The molecule has 1 heterocycles. The number of carbonyl (C=O) groups excluding carboxylic acids is 1. The summed E-state index contributed by atoms with van der Waals surface area (Å²) < 4.78 is 12.8. The Labute approximate surface area is 177 Å². The molecule has 1 saturated carbocycles. The summed E-state index contributed by atoms with van der Waals surface area (Å²) in [5.74, 6) is 1.52. The van der Waals surface area contributed by atoms with Crippen LogP contribution in [0, 0.1) is 0 Å². The Morgan fingerprint density at radius 3 is 2.52 bits per heavy atom. The summed E-state index contributed by atoms with van der Waals surface area (Å²) >= 11 is 1.49. The molecule has 1 fully saturated rings. The number of hydrogen-bond acceptors (Lipinski definition) is 6. The predicted molar refractivity (Wildman–Crippen MR) is 115 cm³/mol. The van der Waals surface area contributed by atoms with Crippen molar-refractivity contribution in [3.63, 3.8) is 0 Å². The van der Waals surface area contributed by atoms with Crippen LogP contribution in [0.4, 0.5) is 0 Å². The molecule has 3 rings (SSSR count). The second-order valence-electron chi connectivity index (χ2n) is 7.34. The Morgan fingerprint density at radius 2 is 1.90 bits per heavy atom. The van der Waals surface area contributed by atoms with Gasteiger partial charge in [-0.2, -0.15) is 0 Å². The molecule has 158 valence electrons. The first-order chi connectivity index (χ1) is 14.2. The highest BCUT2D eigenvalue weighted by atomic mass is 32.2. The largest absolute Gasteiger partial charge is 0.497 e. The average molecular weight is 418 g/mol. The lowest BCUT2D eigenvalue weighted by molar-refractivity contribution is -0.142. The fourth-order valence-electron chi connectivity index (χ4n) is 3.81. The highest BCUT2D eigenvalue weighted by molar-refractivity contribution is 8.00. The minimum absolute atomic E-state index is 0.163. The van der Waals surface area contributed by atoms with Gasteiger partial charge in [-0.1, -0.05) is 44.4 Å². The lowest BCUT2D eigenvalue weighted by atomic mass is 9.95. The van der Waals surface area contributed by atoms with E-state index in [2.05, 4.69) is 21.7 Å². The zero-order valence-corrected chi connectivity index (χ0v) is 18.4. The number of ether oxygens (including phenoxy) is 2. The molecule has 1 aromatic heterocycles. The highest BCUT2D eigenvalue weighted by Crippen LogP contribution is 2.37. The molecule has 2 aromatic rings. The first-order valence-corrected chi connectivity index (χ1v) is 11.5. The Morgan fingerprint density at radius 1 is 1.17 bits per heavy atom. The molecular weight excluding hydrogens is 386 g/mol. The van der Waals surface area contributed by atoms with Gasteiger partial charge in [0, 0.05) is 11.6 Å². The van der Waals surface area contributed by atoms with E-state index in [1.807, 2.05) is 31.2 Å². The molecule has 0 unspecified atom stereocenters. The first kappa shape index (κ1) is 21.7. The Hall–Kier alpha value is -2.02. The summed E-state index contributed by atoms with van der Waals surface area (Å²) in [6.45, 7) is 4.32. The standard InChI is InChI=1S/C22H31N3O3S/c1-4-9-19(21(26)28-5-2)29-22-24-23-20(16-12-14-18(27-3)15-13-16)25(22)17-10-7-6-8-11-17/h12-15,17,19H,4-11H2,1-3H3/t19-/m0/s1. The third-order valence-corrected chi connectivity index (χ3v) is 6.50. The summed E-state index contributed by atoms with van der Waals surface area (Å²) in [7, 11) is 1.66. The molecule has 6 nitrogen and oxygen atoms in total. The number of esters is 1. The fraction of sp³-hybridized carbons (Fsp3) is 0.591. The van der Waals surface area contributed by atoms with E-state index in [9.17, 15) is 4.79 Å². The Balaban J connectivity index is 1.95. The normalized spacial score (nSPS) is 15.8. The molecule has 1 aliphatic rings. The number of nitrogens with zero attached hydrogens (tertiary/aromatic N) is 3. The Kier molecular flexibility index (Phi) is 7.98. The van der Waals surface area contributed by atoms with Crippen LogP contribution in [0.1, 0.15) is 64.8 Å². The van der Waals surface area contributed by atoms with Crippen LogP contribution >= 0.6 is 11.8 Å². The van der Waals surface area contributed by atoms with E-state index in [4.69, 9.17) is 9.47 Å². The number of thioether (sulfide) groups is 1. The van der Waals surface area contributed by atoms with Gasteiger partial charge in [-0.3, -0.25) is 9.36 Å². The quantitative estimate of drug-likeness (QED) is 0.408. The molecule has 29 heavy (non-hydrogen) atoms. The number of methoxy groups -OCH3 is 1. The molecule has 1 aliphatic carbocycles. The molecule has 0 spiro atoms. The maximum atomic E-state index is 12.5. The highest BCUT2D eigenvalue weighted by Gasteiger charge is 2.28. The maximum Gasteiger partial charge on any atom is 0.319 e. The number of carbonyl (C=O) groups is 1. The van der Waals surface area contributed by atoms with E-state index in [-0.39, 0.29) is 11.2 Å². The third-order valence-electron chi connectivity index (χ3n) is 5.30. The van der Waals surface area contributed by atoms with Crippen molar-refractivity contribution in [2.45, 2.75) is 75.2 Å². The van der Waals surface area contributed by atoms with Gasteiger partial charge in [0.05, 0.1) is 13.7 Å². The number of benzene rings is 1. The van der Waals surface area contributed by atoms with E-state index >= 15 is 0 Å². The van der Waals surface area contributed by atoms with Gasteiger partial charge < -0.3 is 9.47 Å². The van der Waals surface area contributed by atoms with Crippen molar-refractivity contribution >= 4 is 17.7 Å². The zero-order chi connectivity index (χ0) is 20.6. The topological polar surface area (TPSA) is 66.2 Å². The molecule has 0 N–H and O–H groups in total. The minimum atomic E-state index is -0.254. The van der Waals surface area contributed by atoms with Gasteiger partial charge in [0.15, 0.2) is 11.0 Å². The second kappa shape index (κ2) is 10.7. The van der Waals surface area contributed by atoms with Crippen LogP contribution in [-0.4, -0.2) is 39.7 Å². The van der Waals surface area contributed by atoms with Gasteiger partial charge in [-0.05, 0) is 50.5 Å². The zero-order valence-electron chi connectivity index (χ0n) is 17.6. The monoisotopic (exact) mass is 417 g/mol. The second-order valence-corrected chi connectivity index (χ2v) is 8.51. The van der Waals surface area contributed by atoms with E-state index in [1.165, 1.54) is 31.0 Å². The Bertz CT molecular complexity index is 785. The van der Waals surface area contributed by atoms with E-state index in [0.717, 1.165) is 48.0 Å². The van der Waals surface area contributed by atoms with Crippen LogP contribution in [0.25, 0.3) is 11.4 Å². The SMILES string of the molecule is CCC[C@H](Sc1nnc(-c2ccc(OC)cc2)n1C1CCCCC1)C(=O)OCC. The molecule has 7 heteroatoms. The summed E-state index contributed by atoms with van der Waals surface area (Å²) in [5.41, 5.74) is 1.01. The summed E-state index contributed by atoms with van der Waals surface area (Å²) in [4.78, 5) is 12.5. The predicted octanol–water partition coefficient (Wildman–Crippen LogP) is 5.28. The van der Waals surface area contributed by atoms with Crippen LogP contribution < -0.4 is 4.74 Å². The molecule has 0 amide bonds. The van der Waals surface area contributed by atoms with Crippen molar-refractivity contribution in [1.29, 1.82) is 0 Å². The van der Waals surface area contributed by atoms with Crippen molar-refractivity contribution in [2.24, 2.45) is 0 Å². The van der Waals surface area contributed by atoms with Crippen molar-refractivity contribution in [3.05, 3.63) is 24.3 Å². The van der Waals surface area contributed by atoms with Gasteiger partial charge >= 0.3 is 5.97 Å². The number of hydrogen-bond donors (Lipinski definition) is 0. The van der Waals surface area contributed by atoms with Crippen LogP contribution in [-0.2, 0) is 9.53 Å². The van der Waals surface area contributed by atoms with E-state index < -0.39 is 0 Å². The molecule has 0 aliphatic heterocycles. The van der Waals surface area contributed by atoms with Gasteiger partial charge in [-0.15, -0.1) is 10.2 Å². The number of aromatic nitrogens is 3. The van der Waals surface area contributed by atoms with Crippen LogP contribution in [0.15, 0.2) is 29.4 Å². The van der Waals surface area contributed by atoms with E-state index in [1.54, 1.807) is 7.11 Å². The van der Waals surface area contributed by atoms with Gasteiger partial charge in [0.25, 0.3) is 0 Å². The summed E-state index contributed by atoms with van der Waals surface area (Å²) in [6, 6.07) is 8.29. The smallest absolute Gasteiger partial charge is 0.319 e. The van der Waals surface area contributed by atoms with Gasteiger partial charge in [0.2, 0.25) is 0 Å². The summed E-state index contributed by atoms with van der Waals surface area (Å²) in [6.07, 6.45) is 7.62. The lowest BCUT2D eigenvalue weighted by Gasteiger charge is -2.26. The third kappa shape index (κ3) is 5.32. The van der Waals surface area contributed by atoms with Crippen molar-refractivity contribution in [1.82, 2.24) is 14.8 Å². The van der Waals surface area contributed by atoms with Gasteiger partial charge in [-0.25, -0.2) is 0 Å². The average Bonchev–Trinajstić information content (AvgIpc) is 3.18. The molecule has 0 bridgehead atoms. The van der Waals surface area contributed by atoms with Crippen molar-refractivity contribution in [2.75, 3.05) is 13.7 Å².